The maximum absolute atomic E-state index is 5.25. The normalized spacial score (nSPS) is 11.5. The van der Waals surface area contributed by atoms with Crippen LogP contribution in [-0.4, -0.2) is 42.5 Å². The number of hydrogen-bond donors (Lipinski definition) is 0. The molecule has 0 amide bonds. The van der Waals surface area contributed by atoms with Crippen LogP contribution in [0.1, 0.15) is 0 Å². The lowest BCUT2D eigenvalue weighted by Crippen LogP contribution is -2.74. The van der Waals surface area contributed by atoms with Gasteiger partial charge in [-0.15, -0.1) is 0 Å². The van der Waals surface area contributed by atoms with Crippen LogP contribution in [-0.2, 0) is 0 Å². The highest BCUT2D eigenvalue weighted by molar-refractivity contribution is 7.19. The number of benzene rings is 9. The average molecular weight is 888 g/mol. The molecule has 0 aliphatic heterocycles. The fourth-order valence-corrected chi connectivity index (χ4v) is 14.3. The molecule has 0 unspecified atom stereocenters. The molecule has 0 aliphatic carbocycles. The quantitative estimate of drug-likeness (QED) is 0.100. The molecule has 3 heterocycles. The molecule has 0 bridgehead atoms. The van der Waals surface area contributed by atoms with E-state index in [9.17, 15) is 0 Å². The second-order valence-corrected chi connectivity index (χ2v) is 20.5. The summed E-state index contributed by atoms with van der Waals surface area (Å²) in [5.41, 5.74) is 6.45. The van der Waals surface area contributed by atoms with Gasteiger partial charge in [0.1, 0.15) is 0 Å². The smallest absolute Gasteiger partial charge is 0.238 e. The number of aromatic nitrogens is 7. The largest absolute Gasteiger partial charge is 0.278 e. The zero-order chi connectivity index (χ0) is 45.3. The summed E-state index contributed by atoms with van der Waals surface area (Å²) in [4.78, 5) is 30.9. The fourth-order valence-electron chi connectivity index (χ4n) is 9.52. The van der Waals surface area contributed by atoms with E-state index in [1.165, 1.54) is 20.7 Å². The van der Waals surface area contributed by atoms with Crippen molar-refractivity contribution in [2.24, 2.45) is 0 Å². The molecule has 320 valence electrons. The van der Waals surface area contributed by atoms with Crippen molar-refractivity contribution in [1.82, 2.24) is 34.5 Å². The Morgan fingerprint density at radius 2 is 0.559 bits per heavy atom. The highest BCUT2D eigenvalue weighted by atomic mass is 28.3. The van der Waals surface area contributed by atoms with E-state index in [0.717, 1.165) is 49.6 Å². The van der Waals surface area contributed by atoms with E-state index in [1.807, 2.05) is 84.9 Å². The predicted molar refractivity (Wildman–Crippen MR) is 278 cm³/mol. The van der Waals surface area contributed by atoms with E-state index in [4.69, 9.17) is 29.9 Å². The summed E-state index contributed by atoms with van der Waals surface area (Å²) in [6.07, 6.45) is 0. The summed E-state index contributed by atoms with van der Waals surface area (Å²) < 4.78 is 2.13. The van der Waals surface area contributed by atoms with Crippen molar-refractivity contribution in [3.8, 4) is 62.9 Å². The molecule has 0 radical (unpaired) electrons. The first-order valence-corrected chi connectivity index (χ1v) is 24.7. The minimum Gasteiger partial charge on any atom is -0.278 e. The van der Waals surface area contributed by atoms with Gasteiger partial charge in [-0.05, 0) is 32.9 Å². The SMILES string of the molecule is c1ccc(-c2nc(-c3ccc(-c4nc(-c5ccccc5)nc(-n5c6ccccc6c6ccccc65)n4)cc3)nc(-c3cccc([Si](c4ccccc4)(c4ccccc4)c4ccccc4)c3)n2)cc1. The molecule has 7 nitrogen and oxygen atoms in total. The first-order chi connectivity index (χ1) is 33.7. The van der Waals surface area contributed by atoms with Crippen molar-refractivity contribution >= 4 is 50.6 Å². The molecule has 0 spiro atoms. The van der Waals surface area contributed by atoms with Crippen LogP contribution in [0.25, 0.3) is 84.7 Å². The second kappa shape index (κ2) is 17.4. The van der Waals surface area contributed by atoms with Crippen molar-refractivity contribution in [3.63, 3.8) is 0 Å². The van der Waals surface area contributed by atoms with Crippen LogP contribution >= 0.6 is 0 Å². The van der Waals surface area contributed by atoms with Gasteiger partial charge in [0, 0.05) is 38.6 Å². The third-order valence-corrected chi connectivity index (χ3v) is 17.5. The highest BCUT2D eigenvalue weighted by Crippen LogP contribution is 2.33. The van der Waals surface area contributed by atoms with Gasteiger partial charge < -0.3 is 0 Å². The topological polar surface area (TPSA) is 82.3 Å². The van der Waals surface area contributed by atoms with Crippen LogP contribution in [0.5, 0.6) is 0 Å². The Balaban J connectivity index is 0.993. The summed E-state index contributed by atoms with van der Waals surface area (Å²) in [5, 5.41) is 7.41. The molecular weight excluding hydrogens is 847 g/mol. The van der Waals surface area contributed by atoms with Crippen LogP contribution in [0.15, 0.2) is 249 Å². The minimum absolute atomic E-state index is 0.547. The van der Waals surface area contributed by atoms with Gasteiger partial charge in [0.25, 0.3) is 0 Å². The van der Waals surface area contributed by atoms with Crippen LogP contribution in [0.2, 0.25) is 0 Å². The molecule has 0 saturated carbocycles. The van der Waals surface area contributed by atoms with Gasteiger partial charge in [0.2, 0.25) is 5.95 Å². The molecule has 8 heteroatoms. The third kappa shape index (κ3) is 7.26. The van der Waals surface area contributed by atoms with Gasteiger partial charge in [0.15, 0.2) is 37.2 Å². The first kappa shape index (κ1) is 40.5. The predicted octanol–water partition coefficient (Wildman–Crippen LogP) is 10.9. The van der Waals surface area contributed by atoms with Gasteiger partial charge >= 0.3 is 0 Å². The zero-order valence-electron chi connectivity index (χ0n) is 36.8. The van der Waals surface area contributed by atoms with Gasteiger partial charge in [-0.2, -0.15) is 9.97 Å². The van der Waals surface area contributed by atoms with Gasteiger partial charge in [-0.3, -0.25) is 4.57 Å². The van der Waals surface area contributed by atoms with Crippen LogP contribution in [0.3, 0.4) is 0 Å². The number of hydrogen-bond acceptors (Lipinski definition) is 6. The number of rotatable bonds is 10. The molecule has 12 aromatic rings. The van der Waals surface area contributed by atoms with E-state index in [1.54, 1.807) is 0 Å². The lowest BCUT2D eigenvalue weighted by Gasteiger charge is -2.34. The molecule has 0 fully saturated rings. The molecular formula is C60H41N7Si. The standard InChI is InChI=1S/C60H41N7Si/c1-6-21-42(22-7-1)55-61-56(63-59(62-55)46-25-20-32-50(41-46)68(47-26-10-3-11-27-47,48-28-12-4-13-29-48)49-30-14-5-15-31-49)44-37-39-45(40-38-44)58-64-57(43-23-8-2-9-24-43)65-60(66-58)67-53-35-18-16-33-51(53)52-34-17-19-36-54(52)67/h1-41H. The second-order valence-electron chi connectivity index (χ2n) is 16.7. The summed E-state index contributed by atoms with van der Waals surface area (Å²) in [6.45, 7) is 0. The average Bonchev–Trinajstić information content (AvgIpc) is 3.77. The monoisotopic (exact) mass is 887 g/mol. The number of para-hydroxylation sites is 2. The number of fused-ring (bicyclic) bond motifs is 3. The Bertz CT molecular complexity index is 3570. The van der Waals surface area contributed by atoms with E-state index in [-0.39, 0.29) is 0 Å². The fraction of sp³-hybridized carbons (Fsp3) is 0. The highest BCUT2D eigenvalue weighted by Gasteiger charge is 2.41. The van der Waals surface area contributed by atoms with Crippen LogP contribution in [0.4, 0.5) is 0 Å². The Labute approximate surface area is 394 Å². The molecule has 68 heavy (non-hydrogen) atoms. The number of nitrogens with zero attached hydrogens (tertiary/aromatic N) is 7. The zero-order valence-corrected chi connectivity index (χ0v) is 37.8. The Hall–Kier alpha value is -8.98. The van der Waals surface area contributed by atoms with E-state index < -0.39 is 8.07 Å². The van der Waals surface area contributed by atoms with E-state index in [2.05, 4.69) is 168 Å². The lowest BCUT2D eigenvalue weighted by molar-refractivity contribution is 0.953. The van der Waals surface area contributed by atoms with Crippen LogP contribution in [0, 0.1) is 0 Å². The first-order valence-electron chi connectivity index (χ1n) is 22.7. The Morgan fingerprint density at radius 1 is 0.250 bits per heavy atom. The van der Waals surface area contributed by atoms with Crippen molar-refractivity contribution in [2.75, 3.05) is 0 Å². The summed E-state index contributed by atoms with van der Waals surface area (Å²) in [5.74, 6) is 3.45. The van der Waals surface area contributed by atoms with E-state index in [0.29, 0.717) is 35.1 Å². The van der Waals surface area contributed by atoms with Crippen molar-refractivity contribution < 1.29 is 0 Å². The molecule has 0 aliphatic rings. The van der Waals surface area contributed by atoms with Crippen molar-refractivity contribution in [3.05, 3.63) is 249 Å². The van der Waals surface area contributed by atoms with Crippen molar-refractivity contribution in [2.45, 2.75) is 0 Å². The van der Waals surface area contributed by atoms with E-state index >= 15 is 0 Å². The van der Waals surface area contributed by atoms with Gasteiger partial charge in [-0.25, -0.2) is 19.9 Å². The maximum Gasteiger partial charge on any atom is 0.238 e. The molecule has 12 rings (SSSR count). The summed E-state index contributed by atoms with van der Waals surface area (Å²) in [6, 6.07) is 86.8. The molecule has 0 N–H and O–H groups in total. The Kier molecular flexibility index (Phi) is 10.4. The summed E-state index contributed by atoms with van der Waals surface area (Å²) in [7, 11) is -2.82. The van der Waals surface area contributed by atoms with Crippen LogP contribution < -0.4 is 20.7 Å². The summed E-state index contributed by atoms with van der Waals surface area (Å²) >= 11 is 0. The lowest BCUT2D eigenvalue weighted by atomic mass is 10.1. The maximum atomic E-state index is 5.25. The third-order valence-electron chi connectivity index (χ3n) is 12.7. The molecule has 9 aromatic carbocycles. The van der Waals surface area contributed by atoms with Gasteiger partial charge in [0.05, 0.1) is 11.0 Å². The van der Waals surface area contributed by atoms with Crippen molar-refractivity contribution in [1.29, 1.82) is 0 Å². The molecule has 3 aromatic heterocycles. The molecule has 0 saturated heterocycles. The van der Waals surface area contributed by atoms with Gasteiger partial charge in [-0.1, -0.05) is 237 Å². The Morgan fingerprint density at radius 3 is 0.985 bits per heavy atom. The molecule has 0 atom stereocenters. The minimum atomic E-state index is -2.82.